The molecule has 94 valence electrons. The summed E-state index contributed by atoms with van der Waals surface area (Å²) in [7, 11) is 0. The molecule has 0 aromatic carbocycles. The highest BCUT2D eigenvalue weighted by molar-refractivity contribution is 5.03. The van der Waals surface area contributed by atoms with Crippen LogP contribution < -0.4 is 17.0 Å². The molecule has 0 bridgehead atoms. The van der Waals surface area contributed by atoms with Crippen LogP contribution in [0.3, 0.4) is 0 Å². The number of nitrogens with zero attached hydrogens (tertiary/aromatic N) is 1. The maximum Gasteiger partial charge on any atom is 0.330 e. The molecule has 4 N–H and O–H groups in total. The number of H-pyrrole nitrogens is 1. The van der Waals surface area contributed by atoms with Gasteiger partial charge in [-0.05, 0) is 13.8 Å². The van der Waals surface area contributed by atoms with Gasteiger partial charge in [-0.25, -0.2) is 4.79 Å². The van der Waals surface area contributed by atoms with Gasteiger partial charge in [0.25, 0.3) is 5.56 Å². The van der Waals surface area contributed by atoms with Gasteiger partial charge in [-0.2, -0.15) is 0 Å². The Bertz CT molecular complexity index is 535. The van der Waals surface area contributed by atoms with Gasteiger partial charge in [-0.15, -0.1) is 0 Å². The zero-order chi connectivity index (χ0) is 12.7. The number of aromatic amines is 1. The number of rotatable bonds is 1. The van der Waals surface area contributed by atoms with Crippen LogP contribution in [-0.4, -0.2) is 32.9 Å². The average Bonchev–Trinajstić information content (AvgIpc) is 2.51. The van der Waals surface area contributed by atoms with E-state index in [9.17, 15) is 14.7 Å². The fourth-order valence-corrected chi connectivity index (χ4v) is 1.86. The van der Waals surface area contributed by atoms with Crippen molar-refractivity contribution in [3.8, 4) is 0 Å². The van der Waals surface area contributed by atoms with Gasteiger partial charge in [0.2, 0.25) is 0 Å². The van der Waals surface area contributed by atoms with Crippen molar-refractivity contribution >= 4 is 0 Å². The molecule has 0 amide bonds. The second-order valence-electron chi connectivity index (χ2n) is 4.28. The van der Waals surface area contributed by atoms with E-state index >= 15 is 0 Å². The topological polar surface area (TPSA) is 110 Å². The molecular formula is C10H15N3O4. The first-order valence-electron chi connectivity index (χ1n) is 5.33. The third-order valence-corrected chi connectivity index (χ3v) is 3.00. The number of ether oxygens (including phenoxy) is 1. The summed E-state index contributed by atoms with van der Waals surface area (Å²) < 4.78 is 6.57. The van der Waals surface area contributed by atoms with Crippen molar-refractivity contribution in [2.24, 2.45) is 5.73 Å². The van der Waals surface area contributed by atoms with Gasteiger partial charge in [-0.3, -0.25) is 14.3 Å². The van der Waals surface area contributed by atoms with Crippen LogP contribution in [0, 0.1) is 6.92 Å². The van der Waals surface area contributed by atoms with Gasteiger partial charge in [0.15, 0.2) is 6.23 Å². The van der Waals surface area contributed by atoms with Crippen molar-refractivity contribution in [1.29, 1.82) is 0 Å². The standard InChI is InChI=1S/C10H15N3O4/c1-4-3-13(10(16)12-8(4)15)9-7(14)6(11)5(2)17-9/h3,5-7,9,14H,11H2,1-2H3,(H,12,15,16)/t5-,6-,7-,9-/m1/s1. The molecule has 2 rings (SSSR count). The maximum atomic E-state index is 11.6. The zero-order valence-corrected chi connectivity index (χ0v) is 9.58. The summed E-state index contributed by atoms with van der Waals surface area (Å²) in [6.07, 6.45) is -0.829. The quantitative estimate of drug-likeness (QED) is 0.551. The number of aliphatic hydroxyl groups is 1. The third kappa shape index (κ3) is 1.92. The Hall–Kier alpha value is -1.44. The lowest BCUT2D eigenvalue weighted by Gasteiger charge is -2.17. The molecule has 1 aliphatic rings. The van der Waals surface area contributed by atoms with E-state index in [1.165, 1.54) is 6.20 Å². The SMILES string of the molecule is Cc1cn([C@@H]2O[C@H](C)[C@@H](N)[C@H]2O)c(=O)[nH]c1=O. The summed E-state index contributed by atoms with van der Waals surface area (Å²) in [4.78, 5) is 25.0. The molecule has 1 saturated heterocycles. The summed E-state index contributed by atoms with van der Waals surface area (Å²) in [6.45, 7) is 3.29. The van der Waals surface area contributed by atoms with E-state index in [-0.39, 0.29) is 6.10 Å². The molecule has 1 aromatic rings. The lowest BCUT2D eigenvalue weighted by molar-refractivity contribution is -0.0350. The highest BCUT2D eigenvalue weighted by atomic mass is 16.5. The second kappa shape index (κ2) is 4.10. The monoisotopic (exact) mass is 241 g/mol. The van der Waals surface area contributed by atoms with Crippen molar-refractivity contribution in [3.63, 3.8) is 0 Å². The predicted molar refractivity (Wildman–Crippen MR) is 59.6 cm³/mol. The number of nitrogens with two attached hydrogens (primary N) is 1. The van der Waals surface area contributed by atoms with Gasteiger partial charge in [-0.1, -0.05) is 0 Å². The third-order valence-electron chi connectivity index (χ3n) is 3.00. The van der Waals surface area contributed by atoms with Crippen molar-refractivity contribution in [1.82, 2.24) is 9.55 Å². The molecule has 2 heterocycles. The number of aromatic nitrogens is 2. The van der Waals surface area contributed by atoms with E-state index in [0.717, 1.165) is 4.57 Å². The molecule has 1 aromatic heterocycles. The van der Waals surface area contributed by atoms with Crippen LogP contribution in [0.2, 0.25) is 0 Å². The predicted octanol–water partition coefficient (Wildman–Crippen LogP) is -1.55. The normalized spacial score (nSPS) is 32.9. The van der Waals surface area contributed by atoms with Crippen LogP contribution in [0.25, 0.3) is 0 Å². The fourth-order valence-electron chi connectivity index (χ4n) is 1.86. The Balaban J connectivity index is 2.46. The van der Waals surface area contributed by atoms with Crippen molar-refractivity contribution < 1.29 is 9.84 Å². The minimum Gasteiger partial charge on any atom is -0.387 e. The van der Waals surface area contributed by atoms with Gasteiger partial charge in [0.1, 0.15) is 6.10 Å². The number of nitrogens with one attached hydrogen (secondary N) is 1. The van der Waals surface area contributed by atoms with E-state index in [0.29, 0.717) is 5.56 Å². The highest BCUT2D eigenvalue weighted by Gasteiger charge is 2.40. The Morgan fingerprint density at radius 3 is 2.71 bits per heavy atom. The van der Waals surface area contributed by atoms with E-state index in [1.54, 1.807) is 13.8 Å². The summed E-state index contributed by atoms with van der Waals surface area (Å²) in [5.74, 6) is 0. The summed E-state index contributed by atoms with van der Waals surface area (Å²) in [6, 6.07) is -0.556. The number of hydrogen-bond donors (Lipinski definition) is 3. The first-order chi connectivity index (χ1) is 7.91. The molecule has 1 fully saturated rings. The Labute approximate surface area is 96.8 Å². The van der Waals surface area contributed by atoms with Crippen LogP contribution in [-0.2, 0) is 4.74 Å². The molecule has 17 heavy (non-hydrogen) atoms. The van der Waals surface area contributed by atoms with Crippen molar-refractivity contribution in [2.75, 3.05) is 0 Å². The lowest BCUT2D eigenvalue weighted by atomic mass is 10.1. The fraction of sp³-hybridized carbons (Fsp3) is 0.600. The first-order valence-corrected chi connectivity index (χ1v) is 5.33. The minimum absolute atomic E-state index is 0.353. The average molecular weight is 241 g/mol. The number of aryl methyl sites for hydroxylation is 1. The summed E-state index contributed by atoms with van der Waals surface area (Å²) in [5, 5.41) is 9.86. The Morgan fingerprint density at radius 1 is 1.53 bits per heavy atom. The summed E-state index contributed by atoms with van der Waals surface area (Å²) >= 11 is 0. The molecule has 0 aliphatic carbocycles. The molecule has 7 heteroatoms. The zero-order valence-electron chi connectivity index (χ0n) is 9.58. The molecule has 0 saturated carbocycles. The molecule has 0 radical (unpaired) electrons. The second-order valence-corrected chi connectivity index (χ2v) is 4.28. The molecule has 0 unspecified atom stereocenters. The first kappa shape index (κ1) is 12.0. The highest BCUT2D eigenvalue weighted by Crippen LogP contribution is 2.26. The van der Waals surface area contributed by atoms with Crippen LogP contribution >= 0.6 is 0 Å². The van der Waals surface area contributed by atoms with Gasteiger partial charge < -0.3 is 15.6 Å². The molecule has 1 aliphatic heterocycles. The maximum absolute atomic E-state index is 11.6. The lowest BCUT2D eigenvalue weighted by Crippen LogP contribution is -2.41. The van der Waals surface area contributed by atoms with Crippen LogP contribution in [0.1, 0.15) is 18.7 Å². The van der Waals surface area contributed by atoms with Gasteiger partial charge >= 0.3 is 5.69 Å². The van der Waals surface area contributed by atoms with Gasteiger partial charge in [0.05, 0.1) is 12.1 Å². The number of aliphatic hydroxyl groups excluding tert-OH is 1. The Kier molecular flexibility index (Phi) is 2.90. The van der Waals surface area contributed by atoms with Crippen LogP contribution in [0.5, 0.6) is 0 Å². The van der Waals surface area contributed by atoms with Crippen LogP contribution in [0.4, 0.5) is 0 Å². The Morgan fingerprint density at radius 2 is 2.18 bits per heavy atom. The van der Waals surface area contributed by atoms with Crippen molar-refractivity contribution in [2.45, 2.75) is 38.3 Å². The van der Waals surface area contributed by atoms with E-state index in [4.69, 9.17) is 10.5 Å². The van der Waals surface area contributed by atoms with Crippen molar-refractivity contribution in [3.05, 3.63) is 32.6 Å². The van der Waals surface area contributed by atoms with E-state index < -0.39 is 29.6 Å². The largest absolute Gasteiger partial charge is 0.387 e. The molecular weight excluding hydrogens is 226 g/mol. The van der Waals surface area contributed by atoms with Crippen LogP contribution in [0.15, 0.2) is 15.8 Å². The molecule has 0 spiro atoms. The van der Waals surface area contributed by atoms with Gasteiger partial charge in [0, 0.05) is 11.8 Å². The summed E-state index contributed by atoms with van der Waals surface area (Å²) in [5.41, 5.74) is 5.01. The molecule has 7 nitrogen and oxygen atoms in total. The molecule has 4 atom stereocenters. The minimum atomic E-state index is -0.979. The van der Waals surface area contributed by atoms with E-state index in [1.807, 2.05) is 0 Å². The van der Waals surface area contributed by atoms with E-state index in [2.05, 4.69) is 4.98 Å². The smallest absolute Gasteiger partial charge is 0.330 e. The number of hydrogen-bond acceptors (Lipinski definition) is 5.